The van der Waals surface area contributed by atoms with Crippen LogP contribution in [0.25, 0.3) is 0 Å². The van der Waals surface area contributed by atoms with Gasteiger partial charge in [0.2, 0.25) is 0 Å². The first-order valence-corrected chi connectivity index (χ1v) is 5.04. The first-order chi connectivity index (χ1) is 5.76. The third-order valence-electron chi connectivity index (χ3n) is 2.59. The molecule has 0 N–H and O–H groups in total. The van der Waals surface area contributed by atoms with Crippen molar-refractivity contribution in [3.05, 3.63) is 0 Å². The second-order valence-corrected chi connectivity index (χ2v) is 3.46. The predicted octanol–water partition coefficient (Wildman–Crippen LogP) is 2.58. The van der Waals surface area contributed by atoms with E-state index in [4.69, 9.17) is 9.47 Å². The molecular formula is C10H20O2. The summed E-state index contributed by atoms with van der Waals surface area (Å²) in [5, 5.41) is 0. The first-order valence-electron chi connectivity index (χ1n) is 5.04. The van der Waals surface area contributed by atoms with Crippen LogP contribution < -0.4 is 0 Å². The summed E-state index contributed by atoms with van der Waals surface area (Å²) in [5.74, 6) is 0.618. The third-order valence-corrected chi connectivity index (χ3v) is 2.59. The number of ether oxygens (including phenoxy) is 2. The predicted molar refractivity (Wildman–Crippen MR) is 49.0 cm³/mol. The summed E-state index contributed by atoms with van der Waals surface area (Å²) in [6.45, 7) is 7.80. The molecule has 0 aromatic heterocycles. The van der Waals surface area contributed by atoms with Crippen molar-refractivity contribution in [3.63, 3.8) is 0 Å². The van der Waals surface area contributed by atoms with Gasteiger partial charge in [0, 0.05) is 26.1 Å². The van der Waals surface area contributed by atoms with Crippen molar-refractivity contribution < 1.29 is 9.47 Å². The summed E-state index contributed by atoms with van der Waals surface area (Å²) >= 11 is 0. The van der Waals surface area contributed by atoms with Crippen molar-refractivity contribution in [1.82, 2.24) is 0 Å². The monoisotopic (exact) mass is 172 g/mol. The normalized spacial score (nSPS) is 22.2. The van der Waals surface area contributed by atoms with Gasteiger partial charge in [-0.1, -0.05) is 13.3 Å². The van der Waals surface area contributed by atoms with Gasteiger partial charge in [0.15, 0.2) is 5.79 Å². The molecule has 0 aliphatic heterocycles. The Kier molecular flexibility index (Phi) is 3.53. The Morgan fingerprint density at radius 2 is 1.58 bits per heavy atom. The van der Waals surface area contributed by atoms with E-state index in [2.05, 4.69) is 6.92 Å². The average Bonchev–Trinajstić information content (AvgIpc) is 1.99. The maximum atomic E-state index is 5.62. The van der Waals surface area contributed by atoms with Crippen molar-refractivity contribution in [2.75, 3.05) is 13.2 Å². The van der Waals surface area contributed by atoms with Crippen LogP contribution in [0.3, 0.4) is 0 Å². The fourth-order valence-corrected chi connectivity index (χ4v) is 1.91. The standard InChI is InChI=1S/C10H20O2/c1-4-9-7-10(8-9,11-5-2)12-6-3/h9H,4-8H2,1-3H3. The molecule has 0 unspecified atom stereocenters. The van der Waals surface area contributed by atoms with E-state index in [1.54, 1.807) is 0 Å². The van der Waals surface area contributed by atoms with E-state index in [1.165, 1.54) is 6.42 Å². The van der Waals surface area contributed by atoms with E-state index < -0.39 is 0 Å². The molecule has 0 heterocycles. The summed E-state index contributed by atoms with van der Waals surface area (Å²) in [4.78, 5) is 0. The quantitative estimate of drug-likeness (QED) is 0.593. The van der Waals surface area contributed by atoms with Crippen LogP contribution in [0.1, 0.15) is 40.0 Å². The summed E-state index contributed by atoms with van der Waals surface area (Å²) in [7, 11) is 0. The SMILES string of the molecule is CCOC1(OCC)CC(CC)C1. The lowest BCUT2D eigenvalue weighted by Crippen LogP contribution is -2.48. The highest BCUT2D eigenvalue weighted by Gasteiger charge is 2.44. The zero-order chi connectivity index (χ0) is 9.03. The van der Waals surface area contributed by atoms with Crippen molar-refractivity contribution in [2.24, 2.45) is 5.92 Å². The second kappa shape index (κ2) is 4.24. The molecule has 0 spiro atoms. The van der Waals surface area contributed by atoms with E-state index in [9.17, 15) is 0 Å². The molecule has 1 fully saturated rings. The summed E-state index contributed by atoms with van der Waals surface area (Å²) in [6, 6.07) is 0. The zero-order valence-corrected chi connectivity index (χ0v) is 8.43. The van der Waals surface area contributed by atoms with Gasteiger partial charge < -0.3 is 9.47 Å². The molecule has 0 saturated heterocycles. The zero-order valence-electron chi connectivity index (χ0n) is 8.43. The molecule has 0 bridgehead atoms. The van der Waals surface area contributed by atoms with Crippen molar-refractivity contribution in [2.45, 2.75) is 45.8 Å². The van der Waals surface area contributed by atoms with Gasteiger partial charge in [0.1, 0.15) is 0 Å². The molecule has 1 aliphatic carbocycles. The minimum absolute atomic E-state index is 0.204. The van der Waals surface area contributed by atoms with E-state index in [-0.39, 0.29) is 5.79 Å². The number of hydrogen-bond donors (Lipinski definition) is 0. The largest absolute Gasteiger partial charge is 0.350 e. The van der Waals surface area contributed by atoms with Gasteiger partial charge in [-0.25, -0.2) is 0 Å². The Hall–Kier alpha value is -0.0800. The Morgan fingerprint density at radius 3 is 1.92 bits per heavy atom. The van der Waals surface area contributed by atoms with Gasteiger partial charge >= 0.3 is 0 Å². The minimum Gasteiger partial charge on any atom is -0.350 e. The highest BCUT2D eigenvalue weighted by molar-refractivity contribution is 4.87. The molecular weight excluding hydrogens is 152 g/mol. The molecule has 0 amide bonds. The van der Waals surface area contributed by atoms with Crippen molar-refractivity contribution in [3.8, 4) is 0 Å². The van der Waals surface area contributed by atoms with E-state index >= 15 is 0 Å². The Morgan fingerprint density at radius 1 is 1.08 bits per heavy atom. The van der Waals surface area contributed by atoms with Crippen molar-refractivity contribution in [1.29, 1.82) is 0 Å². The molecule has 0 radical (unpaired) electrons. The van der Waals surface area contributed by atoms with Gasteiger partial charge in [-0.3, -0.25) is 0 Å². The molecule has 2 nitrogen and oxygen atoms in total. The molecule has 0 aromatic rings. The van der Waals surface area contributed by atoms with Gasteiger partial charge in [-0.05, 0) is 19.8 Å². The smallest absolute Gasteiger partial charge is 0.168 e. The van der Waals surface area contributed by atoms with E-state index in [1.807, 2.05) is 13.8 Å². The van der Waals surface area contributed by atoms with Crippen molar-refractivity contribution >= 4 is 0 Å². The Labute approximate surface area is 75.2 Å². The minimum atomic E-state index is -0.204. The number of hydrogen-bond acceptors (Lipinski definition) is 2. The topological polar surface area (TPSA) is 18.5 Å². The molecule has 1 rings (SSSR count). The maximum Gasteiger partial charge on any atom is 0.168 e. The fourth-order valence-electron chi connectivity index (χ4n) is 1.91. The lowest BCUT2D eigenvalue weighted by molar-refractivity contribution is -0.291. The van der Waals surface area contributed by atoms with Crippen LogP contribution in [0.5, 0.6) is 0 Å². The van der Waals surface area contributed by atoms with Crippen LogP contribution in [-0.4, -0.2) is 19.0 Å². The summed E-state index contributed by atoms with van der Waals surface area (Å²) in [5.41, 5.74) is 0. The molecule has 2 heteroatoms. The van der Waals surface area contributed by atoms with Crippen LogP contribution in [0.4, 0.5) is 0 Å². The summed E-state index contributed by atoms with van der Waals surface area (Å²) in [6.07, 6.45) is 3.43. The molecule has 1 aliphatic rings. The lowest BCUT2D eigenvalue weighted by atomic mass is 9.77. The highest BCUT2D eigenvalue weighted by Crippen LogP contribution is 2.43. The summed E-state index contributed by atoms with van der Waals surface area (Å²) < 4.78 is 11.2. The van der Waals surface area contributed by atoms with Crippen LogP contribution in [0.15, 0.2) is 0 Å². The average molecular weight is 172 g/mol. The lowest BCUT2D eigenvalue weighted by Gasteiger charge is -2.46. The van der Waals surface area contributed by atoms with E-state index in [0.717, 1.165) is 32.0 Å². The highest BCUT2D eigenvalue weighted by atomic mass is 16.7. The van der Waals surface area contributed by atoms with Gasteiger partial charge in [-0.15, -0.1) is 0 Å². The van der Waals surface area contributed by atoms with Gasteiger partial charge in [0.05, 0.1) is 0 Å². The van der Waals surface area contributed by atoms with Crippen LogP contribution in [0.2, 0.25) is 0 Å². The van der Waals surface area contributed by atoms with Gasteiger partial charge in [-0.2, -0.15) is 0 Å². The molecule has 0 aromatic carbocycles. The number of rotatable bonds is 5. The second-order valence-electron chi connectivity index (χ2n) is 3.46. The first kappa shape index (κ1) is 10.0. The molecule has 0 atom stereocenters. The Balaban J connectivity index is 2.32. The molecule has 72 valence electrons. The molecule has 12 heavy (non-hydrogen) atoms. The maximum absolute atomic E-state index is 5.62. The third kappa shape index (κ3) is 1.99. The van der Waals surface area contributed by atoms with E-state index in [0.29, 0.717) is 0 Å². The molecule has 1 saturated carbocycles. The van der Waals surface area contributed by atoms with Crippen LogP contribution in [0, 0.1) is 5.92 Å². The fraction of sp³-hybridized carbons (Fsp3) is 1.00. The van der Waals surface area contributed by atoms with Crippen LogP contribution >= 0.6 is 0 Å². The van der Waals surface area contributed by atoms with Crippen LogP contribution in [-0.2, 0) is 9.47 Å². The Bertz CT molecular complexity index is 120. The van der Waals surface area contributed by atoms with Gasteiger partial charge in [0.25, 0.3) is 0 Å².